The standard InChI is InChI=1S/C52H32O/c1-2-13-35-29-37(24-23-33(35)11-1)36-15-9-16-40(30-36)51-44-19-5-6-20-45(44)52(43-21-10-14-34-12-3-4-17-41(34)43)46-27-25-38(32-48(46)51)39-26-28-50-47(31-39)42-18-7-8-22-49(42)53-50/h1-32H. The quantitative estimate of drug-likeness (QED) is 0.170. The first-order valence-corrected chi connectivity index (χ1v) is 18.2. The van der Waals surface area contributed by atoms with Gasteiger partial charge in [0.15, 0.2) is 0 Å². The highest BCUT2D eigenvalue weighted by atomic mass is 16.3. The van der Waals surface area contributed by atoms with Gasteiger partial charge >= 0.3 is 0 Å². The molecule has 0 atom stereocenters. The first-order chi connectivity index (χ1) is 26.3. The van der Waals surface area contributed by atoms with Gasteiger partial charge in [0.2, 0.25) is 0 Å². The summed E-state index contributed by atoms with van der Waals surface area (Å²) in [6.07, 6.45) is 0. The summed E-state index contributed by atoms with van der Waals surface area (Å²) >= 11 is 0. The Morgan fingerprint density at radius 3 is 1.66 bits per heavy atom. The molecule has 0 spiro atoms. The highest BCUT2D eigenvalue weighted by Crippen LogP contribution is 2.47. The number of hydrogen-bond donors (Lipinski definition) is 0. The molecular weight excluding hydrogens is 641 g/mol. The number of para-hydroxylation sites is 1. The van der Waals surface area contributed by atoms with Crippen LogP contribution in [0.5, 0.6) is 0 Å². The second kappa shape index (κ2) is 11.8. The Morgan fingerprint density at radius 2 is 0.792 bits per heavy atom. The van der Waals surface area contributed by atoms with Crippen LogP contribution in [0.2, 0.25) is 0 Å². The van der Waals surface area contributed by atoms with Crippen LogP contribution in [0.15, 0.2) is 199 Å². The van der Waals surface area contributed by atoms with E-state index in [1.54, 1.807) is 0 Å². The molecule has 11 aromatic rings. The van der Waals surface area contributed by atoms with Crippen LogP contribution in [0, 0.1) is 0 Å². The maximum atomic E-state index is 6.21. The molecule has 1 heteroatoms. The summed E-state index contributed by atoms with van der Waals surface area (Å²) in [7, 11) is 0. The van der Waals surface area contributed by atoms with Crippen molar-refractivity contribution in [2.24, 2.45) is 0 Å². The average molecular weight is 673 g/mol. The summed E-state index contributed by atoms with van der Waals surface area (Å²) in [6, 6.07) is 70.8. The Bertz CT molecular complexity index is 3230. The van der Waals surface area contributed by atoms with E-state index in [0.717, 1.165) is 21.9 Å². The van der Waals surface area contributed by atoms with Crippen molar-refractivity contribution in [2.75, 3.05) is 0 Å². The van der Waals surface area contributed by atoms with E-state index in [1.807, 2.05) is 12.1 Å². The van der Waals surface area contributed by atoms with Gasteiger partial charge in [-0.05, 0) is 124 Å². The first kappa shape index (κ1) is 29.7. The SMILES string of the molecule is c1cc(-c2ccc3ccccc3c2)cc(-c2c3ccccc3c(-c3cccc4ccccc34)c3ccc(-c4ccc5oc6ccccc6c5c4)cc23)c1. The zero-order valence-electron chi connectivity index (χ0n) is 28.9. The van der Waals surface area contributed by atoms with E-state index in [9.17, 15) is 0 Å². The summed E-state index contributed by atoms with van der Waals surface area (Å²) in [6.45, 7) is 0. The van der Waals surface area contributed by atoms with Gasteiger partial charge in [-0.25, -0.2) is 0 Å². The van der Waals surface area contributed by atoms with Crippen LogP contribution >= 0.6 is 0 Å². The smallest absolute Gasteiger partial charge is 0.135 e. The third-order valence-electron chi connectivity index (χ3n) is 11.0. The van der Waals surface area contributed by atoms with Crippen molar-refractivity contribution in [3.63, 3.8) is 0 Å². The minimum absolute atomic E-state index is 0.908. The molecule has 1 nitrogen and oxygen atoms in total. The van der Waals surface area contributed by atoms with E-state index >= 15 is 0 Å². The molecule has 11 rings (SSSR count). The fourth-order valence-electron chi connectivity index (χ4n) is 8.53. The van der Waals surface area contributed by atoms with Gasteiger partial charge in [0.1, 0.15) is 11.2 Å². The van der Waals surface area contributed by atoms with Gasteiger partial charge in [-0.2, -0.15) is 0 Å². The summed E-state index contributed by atoms with van der Waals surface area (Å²) in [5.41, 5.74) is 11.6. The maximum absolute atomic E-state index is 6.21. The van der Waals surface area contributed by atoms with Crippen LogP contribution < -0.4 is 0 Å². The number of furan rings is 1. The van der Waals surface area contributed by atoms with Crippen LogP contribution in [0.3, 0.4) is 0 Å². The molecule has 0 aliphatic heterocycles. The molecule has 0 unspecified atom stereocenters. The lowest BCUT2D eigenvalue weighted by molar-refractivity contribution is 0.669. The number of benzene rings is 10. The first-order valence-electron chi connectivity index (χ1n) is 18.2. The highest BCUT2D eigenvalue weighted by molar-refractivity contribution is 6.24. The topological polar surface area (TPSA) is 13.1 Å². The average Bonchev–Trinajstić information content (AvgIpc) is 3.60. The van der Waals surface area contributed by atoms with E-state index in [-0.39, 0.29) is 0 Å². The normalized spacial score (nSPS) is 11.8. The lowest BCUT2D eigenvalue weighted by atomic mass is 9.83. The summed E-state index contributed by atoms with van der Waals surface area (Å²) < 4.78 is 6.21. The fourth-order valence-corrected chi connectivity index (χ4v) is 8.53. The molecule has 0 aliphatic rings. The van der Waals surface area contributed by atoms with Crippen molar-refractivity contribution in [1.82, 2.24) is 0 Å². The molecule has 0 amide bonds. The molecule has 1 heterocycles. The molecule has 0 fully saturated rings. The van der Waals surface area contributed by atoms with Crippen molar-refractivity contribution < 1.29 is 4.42 Å². The van der Waals surface area contributed by atoms with Gasteiger partial charge in [0.05, 0.1) is 0 Å². The Morgan fingerprint density at radius 1 is 0.245 bits per heavy atom. The maximum Gasteiger partial charge on any atom is 0.135 e. The molecule has 0 bridgehead atoms. The number of fused-ring (bicyclic) bond motifs is 7. The van der Waals surface area contributed by atoms with E-state index in [1.165, 1.54) is 87.6 Å². The second-order valence-electron chi connectivity index (χ2n) is 14.0. The summed E-state index contributed by atoms with van der Waals surface area (Å²) in [5, 5.41) is 12.2. The number of hydrogen-bond acceptors (Lipinski definition) is 1. The predicted octanol–water partition coefficient (Wildman–Crippen LogP) is 14.9. The van der Waals surface area contributed by atoms with Gasteiger partial charge in [-0.3, -0.25) is 0 Å². The monoisotopic (exact) mass is 672 g/mol. The minimum atomic E-state index is 0.908. The zero-order valence-corrected chi connectivity index (χ0v) is 28.9. The largest absolute Gasteiger partial charge is 0.456 e. The molecule has 0 saturated carbocycles. The van der Waals surface area contributed by atoms with E-state index < -0.39 is 0 Å². The van der Waals surface area contributed by atoms with Gasteiger partial charge in [0, 0.05) is 10.8 Å². The van der Waals surface area contributed by atoms with Gasteiger partial charge in [0.25, 0.3) is 0 Å². The molecule has 53 heavy (non-hydrogen) atoms. The van der Waals surface area contributed by atoms with Crippen molar-refractivity contribution in [3.8, 4) is 44.5 Å². The minimum Gasteiger partial charge on any atom is -0.456 e. The van der Waals surface area contributed by atoms with Crippen LogP contribution in [0.1, 0.15) is 0 Å². The third kappa shape index (κ3) is 4.79. The van der Waals surface area contributed by atoms with Gasteiger partial charge in [-0.1, -0.05) is 158 Å². The van der Waals surface area contributed by atoms with Gasteiger partial charge < -0.3 is 4.42 Å². The van der Waals surface area contributed by atoms with Crippen molar-refractivity contribution in [1.29, 1.82) is 0 Å². The van der Waals surface area contributed by atoms with E-state index in [2.05, 4.69) is 182 Å². The molecule has 0 N–H and O–H groups in total. The number of rotatable bonds is 4. The Kier molecular flexibility index (Phi) is 6.62. The predicted molar refractivity (Wildman–Crippen MR) is 225 cm³/mol. The van der Waals surface area contributed by atoms with Crippen molar-refractivity contribution >= 4 is 65.0 Å². The van der Waals surface area contributed by atoms with Crippen molar-refractivity contribution in [3.05, 3.63) is 194 Å². The van der Waals surface area contributed by atoms with E-state index in [4.69, 9.17) is 4.42 Å². The summed E-state index contributed by atoms with van der Waals surface area (Å²) in [5.74, 6) is 0. The lowest BCUT2D eigenvalue weighted by Crippen LogP contribution is -1.93. The molecule has 0 aliphatic carbocycles. The Labute approximate surface area is 307 Å². The van der Waals surface area contributed by atoms with Crippen LogP contribution in [0.4, 0.5) is 0 Å². The Balaban J connectivity index is 1.21. The molecule has 0 saturated heterocycles. The lowest BCUT2D eigenvalue weighted by Gasteiger charge is -2.20. The van der Waals surface area contributed by atoms with Crippen molar-refractivity contribution in [2.45, 2.75) is 0 Å². The molecular formula is C52H32O. The van der Waals surface area contributed by atoms with Crippen LogP contribution in [-0.4, -0.2) is 0 Å². The summed E-state index contributed by atoms with van der Waals surface area (Å²) in [4.78, 5) is 0. The molecule has 246 valence electrons. The Hall–Kier alpha value is -6.96. The van der Waals surface area contributed by atoms with Crippen LogP contribution in [-0.2, 0) is 0 Å². The highest BCUT2D eigenvalue weighted by Gasteiger charge is 2.19. The molecule has 0 radical (unpaired) electrons. The molecule has 10 aromatic carbocycles. The van der Waals surface area contributed by atoms with Crippen LogP contribution in [0.25, 0.3) is 110 Å². The van der Waals surface area contributed by atoms with Gasteiger partial charge in [-0.15, -0.1) is 0 Å². The second-order valence-corrected chi connectivity index (χ2v) is 14.0. The fraction of sp³-hybridized carbons (Fsp3) is 0. The third-order valence-corrected chi connectivity index (χ3v) is 11.0. The molecule has 1 aromatic heterocycles. The van der Waals surface area contributed by atoms with E-state index in [0.29, 0.717) is 0 Å². The zero-order chi connectivity index (χ0) is 34.9.